The molecule has 0 atom stereocenters. The van der Waals surface area contributed by atoms with E-state index in [0.29, 0.717) is 11.8 Å². The number of H-pyrrole nitrogens is 1. The number of nitrogens with zero attached hydrogens (tertiary/aromatic N) is 1. The number of aliphatic hydroxyl groups is 1. The van der Waals surface area contributed by atoms with Gasteiger partial charge in [-0.1, -0.05) is 42.5 Å². The lowest BCUT2D eigenvalue weighted by Crippen LogP contribution is -2.35. The average Bonchev–Trinajstić information content (AvgIpc) is 2.80. The molecular formula is C26H26N2O3. The van der Waals surface area contributed by atoms with Gasteiger partial charge in [0.1, 0.15) is 0 Å². The number of fused-ring (bicyclic) bond motifs is 3. The summed E-state index contributed by atoms with van der Waals surface area (Å²) in [6.07, 6.45) is 2.24. The van der Waals surface area contributed by atoms with Gasteiger partial charge in [-0.2, -0.15) is 0 Å². The first-order valence-corrected chi connectivity index (χ1v) is 10.8. The number of rotatable bonds is 5. The SMILES string of the molecule is O=c1[nH]ccc2cc(CCO)c3ccc(-c4ccc(CN5CCOCC5)cc4)cc3c12. The number of nitrogens with one attached hydrogen (secondary N) is 1. The molecule has 0 aliphatic carbocycles. The van der Waals surface area contributed by atoms with Gasteiger partial charge in [-0.3, -0.25) is 9.69 Å². The number of ether oxygens (including phenoxy) is 1. The first kappa shape index (κ1) is 19.9. The van der Waals surface area contributed by atoms with Crippen LogP contribution in [0.25, 0.3) is 32.7 Å². The van der Waals surface area contributed by atoms with E-state index < -0.39 is 0 Å². The van der Waals surface area contributed by atoms with Crippen molar-refractivity contribution >= 4 is 21.5 Å². The Morgan fingerprint density at radius 1 is 0.935 bits per heavy atom. The van der Waals surface area contributed by atoms with E-state index in [1.54, 1.807) is 6.20 Å². The molecular weight excluding hydrogens is 388 g/mol. The standard InChI is InChI=1S/C26H26N2O3/c29-12-8-21-15-22-7-9-27-26(30)25(22)24-16-20(5-6-23(21)24)19-3-1-18(2-4-19)17-28-10-13-31-14-11-28/h1-7,9,15-16,29H,8,10-14,17H2,(H,27,30). The van der Waals surface area contributed by atoms with Crippen LogP contribution in [-0.2, 0) is 17.7 Å². The van der Waals surface area contributed by atoms with Crippen LogP contribution >= 0.6 is 0 Å². The lowest BCUT2D eigenvalue weighted by atomic mass is 9.93. The molecule has 0 radical (unpaired) electrons. The Labute approximate surface area is 180 Å². The van der Waals surface area contributed by atoms with E-state index in [9.17, 15) is 9.90 Å². The van der Waals surface area contributed by atoms with Crippen LogP contribution in [0.15, 0.2) is 65.6 Å². The fraction of sp³-hybridized carbons (Fsp3) is 0.269. The van der Waals surface area contributed by atoms with Gasteiger partial charge in [-0.25, -0.2) is 0 Å². The molecule has 0 saturated carbocycles. The molecule has 2 N–H and O–H groups in total. The Hall–Kier alpha value is -2.99. The van der Waals surface area contributed by atoms with Gasteiger partial charge >= 0.3 is 0 Å². The summed E-state index contributed by atoms with van der Waals surface area (Å²) >= 11 is 0. The van der Waals surface area contributed by atoms with Gasteiger partial charge < -0.3 is 14.8 Å². The number of aromatic amines is 1. The highest BCUT2D eigenvalue weighted by atomic mass is 16.5. The van der Waals surface area contributed by atoms with Gasteiger partial charge in [-0.15, -0.1) is 0 Å². The number of benzene rings is 3. The number of aromatic nitrogens is 1. The number of hydrogen-bond acceptors (Lipinski definition) is 4. The van der Waals surface area contributed by atoms with E-state index in [4.69, 9.17) is 4.74 Å². The highest BCUT2D eigenvalue weighted by molar-refractivity contribution is 6.09. The predicted octanol–water partition coefficient (Wildman–Crippen LogP) is 3.72. The van der Waals surface area contributed by atoms with E-state index in [1.165, 1.54) is 5.56 Å². The molecule has 0 spiro atoms. The normalized spacial score (nSPS) is 15.0. The molecule has 5 heteroatoms. The van der Waals surface area contributed by atoms with Crippen LogP contribution in [0, 0.1) is 0 Å². The number of pyridine rings is 1. The monoisotopic (exact) mass is 414 g/mol. The Bertz CT molecular complexity index is 1270. The van der Waals surface area contributed by atoms with Gasteiger partial charge in [0.2, 0.25) is 0 Å². The third kappa shape index (κ3) is 4.00. The van der Waals surface area contributed by atoms with Crippen molar-refractivity contribution in [3.63, 3.8) is 0 Å². The molecule has 3 aromatic carbocycles. The Kier molecular flexibility index (Phi) is 5.55. The van der Waals surface area contributed by atoms with Crippen LogP contribution in [0.4, 0.5) is 0 Å². The highest BCUT2D eigenvalue weighted by Gasteiger charge is 2.12. The van der Waals surface area contributed by atoms with Crippen LogP contribution in [0.1, 0.15) is 11.1 Å². The molecule has 0 unspecified atom stereocenters. The zero-order chi connectivity index (χ0) is 21.2. The largest absolute Gasteiger partial charge is 0.396 e. The second kappa shape index (κ2) is 8.63. The van der Waals surface area contributed by atoms with Gasteiger partial charge in [0.25, 0.3) is 5.56 Å². The molecule has 2 heterocycles. The van der Waals surface area contributed by atoms with Crippen LogP contribution in [0.5, 0.6) is 0 Å². The third-order valence-corrected chi connectivity index (χ3v) is 6.14. The fourth-order valence-corrected chi connectivity index (χ4v) is 4.52. The summed E-state index contributed by atoms with van der Waals surface area (Å²) in [5.74, 6) is 0. The minimum atomic E-state index is -0.0870. The molecule has 5 nitrogen and oxygen atoms in total. The maximum Gasteiger partial charge on any atom is 0.256 e. The van der Waals surface area contributed by atoms with Crippen molar-refractivity contribution in [2.75, 3.05) is 32.9 Å². The molecule has 1 saturated heterocycles. The number of morpholine rings is 1. The summed E-state index contributed by atoms with van der Waals surface area (Å²) in [5.41, 5.74) is 4.47. The molecule has 0 bridgehead atoms. The summed E-state index contributed by atoms with van der Waals surface area (Å²) in [4.78, 5) is 17.8. The second-order valence-corrected chi connectivity index (χ2v) is 8.13. The van der Waals surface area contributed by atoms with Crippen molar-refractivity contribution in [1.82, 2.24) is 9.88 Å². The van der Waals surface area contributed by atoms with Crippen molar-refractivity contribution in [2.24, 2.45) is 0 Å². The van der Waals surface area contributed by atoms with Crippen molar-refractivity contribution in [1.29, 1.82) is 0 Å². The molecule has 0 amide bonds. The average molecular weight is 415 g/mol. The number of hydrogen-bond donors (Lipinski definition) is 2. The van der Waals surface area contributed by atoms with Crippen molar-refractivity contribution in [2.45, 2.75) is 13.0 Å². The lowest BCUT2D eigenvalue weighted by molar-refractivity contribution is 0.0342. The molecule has 1 aromatic heterocycles. The predicted molar refractivity (Wildman–Crippen MR) is 124 cm³/mol. The van der Waals surface area contributed by atoms with E-state index >= 15 is 0 Å². The smallest absolute Gasteiger partial charge is 0.256 e. The van der Waals surface area contributed by atoms with Gasteiger partial charge in [0.15, 0.2) is 0 Å². The Morgan fingerprint density at radius 3 is 2.48 bits per heavy atom. The lowest BCUT2D eigenvalue weighted by Gasteiger charge is -2.26. The zero-order valence-electron chi connectivity index (χ0n) is 17.4. The van der Waals surface area contributed by atoms with Crippen molar-refractivity contribution < 1.29 is 9.84 Å². The summed E-state index contributed by atoms with van der Waals surface area (Å²) in [5, 5.41) is 13.1. The molecule has 158 valence electrons. The molecule has 5 rings (SSSR count). The highest BCUT2D eigenvalue weighted by Crippen LogP contribution is 2.31. The molecule has 31 heavy (non-hydrogen) atoms. The van der Waals surface area contributed by atoms with E-state index in [-0.39, 0.29) is 12.2 Å². The van der Waals surface area contributed by atoms with E-state index in [2.05, 4.69) is 52.3 Å². The zero-order valence-corrected chi connectivity index (χ0v) is 17.4. The summed E-state index contributed by atoms with van der Waals surface area (Å²) in [6.45, 7) is 4.58. The van der Waals surface area contributed by atoms with Crippen molar-refractivity contribution in [3.05, 3.63) is 82.3 Å². The first-order chi connectivity index (χ1) is 15.2. The van der Waals surface area contributed by atoms with Crippen molar-refractivity contribution in [3.8, 4) is 11.1 Å². The molecule has 4 aromatic rings. The summed E-state index contributed by atoms with van der Waals surface area (Å²) in [6, 6.07) is 18.9. The van der Waals surface area contributed by atoms with Crippen LogP contribution in [-0.4, -0.2) is 47.9 Å². The molecule has 1 aliphatic rings. The van der Waals surface area contributed by atoms with Gasteiger partial charge in [-0.05, 0) is 57.0 Å². The quantitative estimate of drug-likeness (QED) is 0.489. The maximum absolute atomic E-state index is 12.6. The third-order valence-electron chi connectivity index (χ3n) is 6.14. The second-order valence-electron chi connectivity index (χ2n) is 8.13. The van der Waals surface area contributed by atoms with Crippen LogP contribution in [0.2, 0.25) is 0 Å². The maximum atomic E-state index is 12.6. The molecule has 1 aliphatic heterocycles. The summed E-state index contributed by atoms with van der Waals surface area (Å²) in [7, 11) is 0. The van der Waals surface area contributed by atoms with Crippen LogP contribution < -0.4 is 5.56 Å². The topological polar surface area (TPSA) is 65.6 Å². The molecule has 1 fully saturated rings. The van der Waals surface area contributed by atoms with E-state index in [1.807, 2.05) is 12.1 Å². The van der Waals surface area contributed by atoms with Crippen LogP contribution in [0.3, 0.4) is 0 Å². The first-order valence-electron chi connectivity index (χ1n) is 10.8. The minimum Gasteiger partial charge on any atom is -0.396 e. The number of aliphatic hydroxyl groups excluding tert-OH is 1. The Balaban J connectivity index is 1.54. The van der Waals surface area contributed by atoms with Gasteiger partial charge in [0.05, 0.1) is 18.6 Å². The summed E-state index contributed by atoms with van der Waals surface area (Å²) < 4.78 is 5.43. The minimum absolute atomic E-state index is 0.0795. The fourth-order valence-electron chi connectivity index (χ4n) is 4.52. The van der Waals surface area contributed by atoms with Gasteiger partial charge in [0, 0.05) is 32.4 Å². The van der Waals surface area contributed by atoms with E-state index in [0.717, 1.165) is 65.7 Å². The Morgan fingerprint density at radius 2 is 1.71 bits per heavy atom.